The molecule has 0 atom stereocenters. The van der Waals surface area contributed by atoms with Crippen molar-refractivity contribution in [3.05, 3.63) is 68.2 Å². The minimum absolute atomic E-state index is 0.0365. The molecule has 1 aliphatic rings. The lowest BCUT2D eigenvalue weighted by Gasteiger charge is -2.29. The number of ether oxygens (including phenoxy) is 1. The number of carbonyl (C=O) groups is 1. The Balaban J connectivity index is 1.82. The molecule has 0 spiro atoms. The number of hydrazone groups is 1. The molecule has 0 saturated carbocycles. The second-order valence-corrected chi connectivity index (χ2v) is 6.63. The number of non-ortho nitro benzene ring substituents is 1. The van der Waals surface area contributed by atoms with Gasteiger partial charge >= 0.3 is 0 Å². The maximum Gasteiger partial charge on any atom is 0.272 e. The van der Waals surface area contributed by atoms with Gasteiger partial charge in [0.25, 0.3) is 11.6 Å². The van der Waals surface area contributed by atoms with E-state index in [1.54, 1.807) is 24.3 Å². The van der Waals surface area contributed by atoms with Gasteiger partial charge in [-0.05, 0) is 34.1 Å². The molecule has 2 aromatic rings. The van der Waals surface area contributed by atoms with E-state index in [9.17, 15) is 14.9 Å². The van der Waals surface area contributed by atoms with Crippen molar-refractivity contribution in [1.29, 1.82) is 0 Å². The summed E-state index contributed by atoms with van der Waals surface area (Å²) in [5.74, 6) is -0.378. The minimum atomic E-state index is -0.458. The second kappa shape index (κ2) is 8.74. The normalized spacial score (nSPS) is 14.3. The molecule has 8 nitrogen and oxygen atoms in total. The molecule has 0 radical (unpaired) electrons. The number of hydrogen-bond donors (Lipinski definition) is 1. The Morgan fingerprint density at radius 3 is 2.70 bits per heavy atom. The summed E-state index contributed by atoms with van der Waals surface area (Å²) >= 11 is 3.32. The molecule has 0 aliphatic carbocycles. The highest BCUT2D eigenvalue weighted by atomic mass is 79.9. The van der Waals surface area contributed by atoms with Gasteiger partial charge in [0.15, 0.2) is 0 Å². The third-order valence-electron chi connectivity index (χ3n) is 4.06. The first-order valence-corrected chi connectivity index (χ1v) is 9.04. The molecule has 1 saturated heterocycles. The summed E-state index contributed by atoms with van der Waals surface area (Å²) in [7, 11) is 0. The van der Waals surface area contributed by atoms with Crippen molar-refractivity contribution in [2.75, 3.05) is 31.2 Å². The van der Waals surface area contributed by atoms with Crippen molar-refractivity contribution in [1.82, 2.24) is 5.43 Å². The zero-order chi connectivity index (χ0) is 19.2. The van der Waals surface area contributed by atoms with E-state index in [4.69, 9.17) is 4.74 Å². The van der Waals surface area contributed by atoms with Crippen molar-refractivity contribution in [2.24, 2.45) is 5.10 Å². The van der Waals surface area contributed by atoms with Crippen LogP contribution in [0.5, 0.6) is 0 Å². The Kier molecular flexibility index (Phi) is 6.15. The lowest BCUT2D eigenvalue weighted by atomic mass is 10.1. The van der Waals surface area contributed by atoms with Crippen molar-refractivity contribution < 1.29 is 14.5 Å². The summed E-state index contributed by atoms with van der Waals surface area (Å²) < 4.78 is 6.01. The van der Waals surface area contributed by atoms with Gasteiger partial charge in [-0.3, -0.25) is 14.9 Å². The van der Waals surface area contributed by atoms with Gasteiger partial charge in [-0.1, -0.05) is 12.1 Å². The Morgan fingerprint density at radius 1 is 1.26 bits per heavy atom. The Bertz CT molecular complexity index is 881. The first-order valence-electron chi connectivity index (χ1n) is 8.25. The highest BCUT2D eigenvalue weighted by Crippen LogP contribution is 2.25. The minimum Gasteiger partial charge on any atom is -0.378 e. The van der Waals surface area contributed by atoms with Gasteiger partial charge < -0.3 is 9.64 Å². The molecule has 27 heavy (non-hydrogen) atoms. The van der Waals surface area contributed by atoms with Crippen molar-refractivity contribution >= 4 is 39.4 Å². The van der Waals surface area contributed by atoms with Crippen LogP contribution in [0.3, 0.4) is 0 Å². The fourth-order valence-corrected chi connectivity index (χ4v) is 3.18. The molecule has 1 aliphatic heterocycles. The highest BCUT2D eigenvalue weighted by Gasteiger charge is 2.17. The van der Waals surface area contributed by atoms with E-state index in [0.29, 0.717) is 41.9 Å². The van der Waals surface area contributed by atoms with E-state index >= 15 is 0 Å². The van der Waals surface area contributed by atoms with E-state index in [1.807, 2.05) is 6.07 Å². The van der Waals surface area contributed by atoms with Crippen LogP contribution in [0.2, 0.25) is 0 Å². The molecule has 2 aromatic carbocycles. The van der Waals surface area contributed by atoms with Gasteiger partial charge in [0.2, 0.25) is 0 Å². The lowest BCUT2D eigenvalue weighted by Crippen LogP contribution is -2.36. The van der Waals surface area contributed by atoms with E-state index in [-0.39, 0.29) is 11.6 Å². The van der Waals surface area contributed by atoms with Gasteiger partial charge in [-0.25, -0.2) is 5.43 Å². The van der Waals surface area contributed by atoms with E-state index in [2.05, 4.69) is 31.4 Å². The summed E-state index contributed by atoms with van der Waals surface area (Å²) in [4.78, 5) is 24.9. The van der Waals surface area contributed by atoms with Crippen LogP contribution < -0.4 is 10.3 Å². The van der Waals surface area contributed by atoms with Crippen LogP contribution in [-0.2, 0) is 4.74 Å². The second-order valence-electron chi connectivity index (χ2n) is 5.78. The topological polar surface area (TPSA) is 97.1 Å². The standard InChI is InChI=1S/C18H17BrN4O4/c19-16-4-2-1-3-15(16)18(24)21-20-12-13-11-14(23(25)26)5-6-17(13)22-7-9-27-10-8-22/h1-6,11-12H,7-10H2,(H,21,24)/b20-12+. The smallest absolute Gasteiger partial charge is 0.272 e. The Morgan fingerprint density at radius 2 is 2.00 bits per heavy atom. The number of nitrogens with one attached hydrogen (secondary N) is 1. The van der Waals surface area contributed by atoms with Crippen LogP contribution in [0.15, 0.2) is 52.0 Å². The Hall–Kier alpha value is -2.78. The van der Waals surface area contributed by atoms with Crippen LogP contribution in [0.1, 0.15) is 15.9 Å². The summed E-state index contributed by atoms with van der Waals surface area (Å²) in [6.07, 6.45) is 1.42. The largest absolute Gasteiger partial charge is 0.378 e. The maximum atomic E-state index is 12.2. The number of halogens is 1. The molecule has 140 valence electrons. The molecule has 0 aromatic heterocycles. The molecular formula is C18H17BrN4O4. The van der Waals surface area contributed by atoms with Crippen molar-refractivity contribution in [3.63, 3.8) is 0 Å². The summed E-state index contributed by atoms with van der Waals surface area (Å²) in [5.41, 5.74) is 4.23. The van der Waals surface area contributed by atoms with Crippen LogP contribution in [0.4, 0.5) is 11.4 Å². The molecule has 9 heteroatoms. The maximum absolute atomic E-state index is 12.2. The summed E-state index contributed by atoms with van der Waals surface area (Å²) in [5, 5.41) is 15.1. The fourth-order valence-electron chi connectivity index (χ4n) is 2.72. The number of nitro groups is 1. The summed E-state index contributed by atoms with van der Waals surface area (Å²) in [6.45, 7) is 2.54. The van der Waals surface area contributed by atoms with E-state index in [0.717, 1.165) is 5.69 Å². The first-order chi connectivity index (χ1) is 13.1. The molecule has 1 fully saturated rings. The van der Waals surface area contributed by atoms with Gasteiger partial charge in [0, 0.05) is 40.9 Å². The molecule has 1 N–H and O–H groups in total. The zero-order valence-corrected chi connectivity index (χ0v) is 15.9. The molecular weight excluding hydrogens is 416 g/mol. The van der Waals surface area contributed by atoms with Crippen LogP contribution >= 0.6 is 15.9 Å². The lowest BCUT2D eigenvalue weighted by molar-refractivity contribution is -0.384. The average Bonchev–Trinajstić information content (AvgIpc) is 2.68. The van der Waals surface area contributed by atoms with Gasteiger partial charge in [-0.15, -0.1) is 0 Å². The quantitative estimate of drug-likeness (QED) is 0.444. The third kappa shape index (κ3) is 4.69. The van der Waals surface area contributed by atoms with Gasteiger partial charge in [0.05, 0.1) is 29.9 Å². The molecule has 1 heterocycles. The van der Waals surface area contributed by atoms with Crippen LogP contribution in [0, 0.1) is 10.1 Å². The number of nitrogens with zero attached hydrogens (tertiary/aromatic N) is 3. The predicted molar refractivity (Wildman–Crippen MR) is 105 cm³/mol. The highest BCUT2D eigenvalue weighted by molar-refractivity contribution is 9.10. The number of amides is 1. The molecule has 3 rings (SSSR count). The average molecular weight is 433 g/mol. The number of morpholine rings is 1. The van der Waals surface area contributed by atoms with Gasteiger partial charge in [-0.2, -0.15) is 5.10 Å². The predicted octanol–water partition coefficient (Wildman–Crippen LogP) is 2.96. The number of hydrogen-bond acceptors (Lipinski definition) is 6. The summed E-state index contributed by atoms with van der Waals surface area (Å²) in [6, 6.07) is 11.6. The SMILES string of the molecule is O=C(N/N=C/c1cc([N+](=O)[O-])ccc1N1CCOCC1)c1ccccc1Br. The first kappa shape index (κ1) is 19.0. The number of anilines is 1. The number of rotatable bonds is 5. The molecule has 1 amide bonds. The third-order valence-corrected chi connectivity index (χ3v) is 4.75. The molecule has 0 unspecified atom stereocenters. The van der Waals surface area contributed by atoms with Crippen molar-refractivity contribution in [2.45, 2.75) is 0 Å². The van der Waals surface area contributed by atoms with Gasteiger partial charge in [0.1, 0.15) is 0 Å². The fraction of sp³-hybridized carbons (Fsp3) is 0.222. The zero-order valence-electron chi connectivity index (χ0n) is 14.3. The van der Waals surface area contributed by atoms with E-state index in [1.165, 1.54) is 18.3 Å². The molecule has 0 bridgehead atoms. The van der Waals surface area contributed by atoms with E-state index < -0.39 is 4.92 Å². The number of benzene rings is 2. The number of carbonyl (C=O) groups excluding carboxylic acids is 1. The Labute approximate surface area is 164 Å². The van der Waals surface area contributed by atoms with Crippen LogP contribution in [-0.4, -0.2) is 43.3 Å². The van der Waals surface area contributed by atoms with Crippen LogP contribution in [0.25, 0.3) is 0 Å². The number of nitro benzene ring substituents is 1. The monoisotopic (exact) mass is 432 g/mol. The van der Waals surface area contributed by atoms with Crippen molar-refractivity contribution in [3.8, 4) is 0 Å².